The highest BCUT2D eigenvalue weighted by Gasteiger charge is 2.15. The minimum Gasteiger partial charge on any atom is -0.496 e. The summed E-state index contributed by atoms with van der Waals surface area (Å²) in [5, 5.41) is 29.8. The second-order valence-electron chi connectivity index (χ2n) is 8.41. The van der Waals surface area contributed by atoms with Crippen LogP contribution in [0.5, 0.6) is 5.75 Å². The van der Waals surface area contributed by atoms with Crippen LogP contribution in [0.2, 0.25) is 0 Å². The zero-order chi connectivity index (χ0) is 25.7. The van der Waals surface area contributed by atoms with E-state index in [1.165, 1.54) is 6.33 Å². The van der Waals surface area contributed by atoms with Crippen molar-refractivity contribution >= 4 is 22.8 Å². The van der Waals surface area contributed by atoms with E-state index < -0.39 is 6.10 Å². The van der Waals surface area contributed by atoms with Gasteiger partial charge in [0.25, 0.3) is 5.91 Å². The van der Waals surface area contributed by atoms with E-state index in [1.54, 1.807) is 43.4 Å². The van der Waals surface area contributed by atoms with Crippen molar-refractivity contribution in [1.29, 1.82) is 0 Å². The first-order chi connectivity index (χ1) is 17.4. The fourth-order valence-corrected chi connectivity index (χ4v) is 3.89. The molecule has 4 N–H and O–H groups in total. The first-order valence-electron chi connectivity index (χ1n) is 11.5. The Morgan fingerprint density at radius 3 is 2.75 bits per heavy atom. The fraction of sp³-hybridized carbons (Fsp3) is 0.320. The summed E-state index contributed by atoms with van der Waals surface area (Å²) in [7, 11) is 3.18. The molecule has 36 heavy (non-hydrogen) atoms. The van der Waals surface area contributed by atoms with E-state index >= 15 is 0 Å². The molecule has 0 bridgehead atoms. The number of nitrogens with zero attached hydrogens (tertiary/aromatic N) is 5. The third-order valence-electron chi connectivity index (χ3n) is 5.88. The molecule has 3 aromatic heterocycles. The van der Waals surface area contributed by atoms with Gasteiger partial charge in [0.2, 0.25) is 0 Å². The Balaban J connectivity index is 1.48. The lowest BCUT2D eigenvalue weighted by Crippen LogP contribution is -2.20. The van der Waals surface area contributed by atoms with Crippen molar-refractivity contribution in [3.63, 3.8) is 0 Å². The van der Waals surface area contributed by atoms with E-state index in [1.807, 2.05) is 18.2 Å². The van der Waals surface area contributed by atoms with E-state index in [9.17, 15) is 9.90 Å². The number of carbonyl (C=O) groups excluding carboxylic acids is 1. The summed E-state index contributed by atoms with van der Waals surface area (Å²) in [6.07, 6.45) is 3.95. The number of pyridine rings is 1. The zero-order valence-corrected chi connectivity index (χ0v) is 20.3. The number of rotatable bonds is 10. The average molecular weight is 492 g/mol. The third kappa shape index (κ3) is 5.42. The van der Waals surface area contributed by atoms with Crippen LogP contribution in [0, 0.1) is 0 Å². The first-order valence-corrected chi connectivity index (χ1v) is 11.5. The van der Waals surface area contributed by atoms with Gasteiger partial charge in [-0.1, -0.05) is 13.0 Å². The Bertz CT molecular complexity index is 1360. The van der Waals surface area contributed by atoms with Gasteiger partial charge in [-0.25, -0.2) is 19.6 Å². The number of aliphatic hydroxyl groups excluding tert-OH is 2. The number of ether oxygens (including phenoxy) is 1. The van der Waals surface area contributed by atoms with Gasteiger partial charge in [0, 0.05) is 48.3 Å². The zero-order valence-electron chi connectivity index (χ0n) is 20.3. The molecule has 4 aromatic rings. The number of amides is 1. The Hall–Kier alpha value is -4.09. The number of methoxy groups -OCH3 is 1. The third-order valence-corrected chi connectivity index (χ3v) is 5.88. The first kappa shape index (κ1) is 25.0. The van der Waals surface area contributed by atoms with Gasteiger partial charge in [0.05, 0.1) is 38.3 Å². The van der Waals surface area contributed by atoms with Crippen molar-refractivity contribution in [1.82, 2.24) is 30.0 Å². The molecule has 11 heteroatoms. The van der Waals surface area contributed by atoms with Crippen LogP contribution in [-0.4, -0.2) is 74.3 Å². The molecule has 0 spiro atoms. The van der Waals surface area contributed by atoms with E-state index in [0.717, 1.165) is 16.5 Å². The average Bonchev–Trinajstić information content (AvgIpc) is 3.32. The van der Waals surface area contributed by atoms with E-state index in [0.29, 0.717) is 35.0 Å². The van der Waals surface area contributed by atoms with Crippen molar-refractivity contribution in [2.75, 3.05) is 32.6 Å². The maximum atomic E-state index is 11.9. The molecule has 1 aromatic carbocycles. The molecule has 0 fully saturated rings. The largest absolute Gasteiger partial charge is 0.496 e. The van der Waals surface area contributed by atoms with Gasteiger partial charge in [0.15, 0.2) is 5.65 Å². The highest BCUT2D eigenvalue weighted by molar-refractivity contribution is 5.94. The smallest absolute Gasteiger partial charge is 0.251 e. The Kier molecular flexibility index (Phi) is 7.71. The number of aliphatic hydroxyl groups is 2. The highest BCUT2D eigenvalue weighted by Crippen LogP contribution is 2.28. The van der Waals surface area contributed by atoms with Crippen molar-refractivity contribution < 1.29 is 19.7 Å². The molecule has 1 amide bonds. The van der Waals surface area contributed by atoms with Crippen molar-refractivity contribution in [3.05, 3.63) is 60.2 Å². The molecule has 2 atom stereocenters. The number of hydrogen-bond acceptors (Lipinski definition) is 9. The Morgan fingerprint density at radius 1 is 1.17 bits per heavy atom. The number of aromatic nitrogens is 5. The van der Waals surface area contributed by atoms with Gasteiger partial charge in [0.1, 0.15) is 17.9 Å². The molecule has 0 aliphatic carbocycles. The lowest BCUT2D eigenvalue weighted by atomic mass is 9.98. The summed E-state index contributed by atoms with van der Waals surface area (Å²) >= 11 is 0. The van der Waals surface area contributed by atoms with Crippen LogP contribution in [-0.2, 0) is 6.54 Å². The summed E-state index contributed by atoms with van der Waals surface area (Å²) < 4.78 is 7.08. The predicted molar refractivity (Wildman–Crippen MR) is 135 cm³/mol. The summed E-state index contributed by atoms with van der Waals surface area (Å²) in [5.74, 6) is 1.23. The van der Waals surface area contributed by atoms with Crippen molar-refractivity contribution in [2.24, 2.45) is 0 Å². The maximum absolute atomic E-state index is 11.9. The Labute approximate surface area is 208 Å². The molecule has 0 radical (unpaired) electrons. The SMILES string of the molecule is CNC(=O)c1ccc(C(C)CNc2cc(-c3cnc4c(cnn4C[C@@H](O)CO)c3)ncn2)c(OC)c1. The van der Waals surface area contributed by atoms with Gasteiger partial charge in [-0.05, 0) is 23.8 Å². The van der Waals surface area contributed by atoms with Crippen LogP contribution in [0.1, 0.15) is 28.8 Å². The van der Waals surface area contributed by atoms with Crippen LogP contribution < -0.4 is 15.4 Å². The topological polar surface area (TPSA) is 147 Å². The van der Waals surface area contributed by atoms with Gasteiger partial charge >= 0.3 is 0 Å². The van der Waals surface area contributed by atoms with E-state index in [-0.39, 0.29) is 25.0 Å². The molecule has 3 heterocycles. The van der Waals surface area contributed by atoms with Crippen LogP contribution >= 0.6 is 0 Å². The van der Waals surface area contributed by atoms with E-state index in [4.69, 9.17) is 9.84 Å². The second-order valence-corrected chi connectivity index (χ2v) is 8.41. The molecular weight excluding hydrogens is 462 g/mol. The monoisotopic (exact) mass is 491 g/mol. The van der Waals surface area contributed by atoms with Gasteiger partial charge in [-0.3, -0.25) is 4.79 Å². The molecular formula is C25H29N7O4. The normalized spacial score (nSPS) is 12.8. The second kappa shape index (κ2) is 11.1. The molecule has 11 nitrogen and oxygen atoms in total. The summed E-state index contributed by atoms with van der Waals surface area (Å²) in [6, 6.07) is 9.20. The molecule has 0 saturated heterocycles. The lowest BCUT2D eigenvalue weighted by Gasteiger charge is -2.17. The number of carbonyl (C=O) groups is 1. The van der Waals surface area contributed by atoms with E-state index in [2.05, 4.69) is 37.6 Å². The molecule has 0 aliphatic rings. The molecule has 0 saturated carbocycles. The van der Waals surface area contributed by atoms with Crippen molar-refractivity contribution in [2.45, 2.75) is 25.5 Å². The maximum Gasteiger partial charge on any atom is 0.251 e. The van der Waals surface area contributed by atoms with Gasteiger partial charge in [-0.15, -0.1) is 0 Å². The van der Waals surface area contributed by atoms with Gasteiger partial charge < -0.3 is 25.6 Å². The fourth-order valence-electron chi connectivity index (χ4n) is 3.89. The minimum atomic E-state index is -0.902. The molecule has 188 valence electrons. The highest BCUT2D eigenvalue weighted by atomic mass is 16.5. The summed E-state index contributed by atoms with van der Waals surface area (Å²) in [5.41, 5.74) is 3.63. The molecule has 1 unspecified atom stereocenters. The standard InChI is InChI=1S/C25H29N7O4/c1-15(20-5-4-16(25(35)26-2)7-22(20)36-3)9-27-23-8-21(29-14-30-23)17-6-18-11-31-32(12-19(34)13-33)24(18)28-10-17/h4-8,10-11,14-15,19,33-34H,9,12-13H2,1-3H3,(H,26,35)(H,27,29,30)/t15?,19-/m1/s1. The molecule has 0 aliphatic heterocycles. The number of nitrogens with one attached hydrogen (secondary N) is 2. The number of benzene rings is 1. The van der Waals surface area contributed by atoms with Crippen LogP contribution in [0.25, 0.3) is 22.3 Å². The number of hydrogen-bond donors (Lipinski definition) is 4. The minimum absolute atomic E-state index is 0.0789. The lowest BCUT2D eigenvalue weighted by molar-refractivity contribution is 0.0792. The van der Waals surface area contributed by atoms with Crippen LogP contribution in [0.4, 0.5) is 5.82 Å². The predicted octanol–water partition coefficient (Wildman–Crippen LogP) is 1.83. The van der Waals surface area contributed by atoms with Crippen LogP contribution in [0.15, 0.2) is 49.1 Å². The number of fused-ring (bicyclic) bond motifs is 1. The quantitative estimate of drug-likeness (QED) is 0.261. The van der Waals surface area contributed by atoms with Crippen molar-refractivity contribution in [3.8, 4) is 17.0 Å². The molecule has 4 rings (SSSR count). The summed E-state index contributed by atoms with van der Waals surface area (Å²) in [6.45, 7) is 2.47. The number of anilines is 1. The Morgan fingerprint density at radius 2 is 2.00 bits per heavy atom. The van der Waals surface area contributed by atoms with Gasteiger partial charge in [-0.2, -0.15) is 5.10 Å². The summed E-state index contributed by atoms with van der Waals surface area (Å²) in [4.78, 5) is 25.1. The van der Waals surface area contributed by atoms with Crippen LogP contribution in [0.3, 0.4) is 0 Å².